The van der Waals surface area contributed by atoms with Crippen molar-refractivity contribution in [3.05, 3.63) is 107 Å². The molecule has 0 fully saturated rings. The number of amides is 2. The van der Waals surface area contributed by atoms with Crippen LogP contribution in [0.2, 0.25) is 10.0 Å². The molecule has 0 aliphatic carbocycles. The van der Waals surface area contributed by atoms with E-state index in [1.54, 1.807) is 72.8 Å². The van der Waals surface area contributed by atoms with Crippen LogP contribution in [0, 0.1) is 0 Å². The lowest BCUT2D eigenvalue weighted by atomic mass is 10.1. The Balaban J connectivity index is 1.34. The molecule has 170 valence electrons. The maximum absolute atomic E-state index is 12.1. The van der Waals surface area contributed by atoms with Gasteiger partial charge in [0.1, 0.15) is 0 Å². The van der Waals surface area contributed by atoms with Gasteiger partial charge < -0.3 is 9.47 Å². The van der Waals surface area contributed by atoms with Crippen LogP contribution >= 0.6 is 23.2 Å². The highest BCUT2D eigenvalue weighted by atomic mass is 35.5. The summed E-state index contributed by atoms with van der Waals surface area (Å²) in [5, 5.41) is 6.02. The number of nitrogens with one attached hydrogen (secondary N) is 2. The van der Waals surface area contributed by atoms with E-state index in [-0.39, 0.29) is 11.5 Å². The SMILES string of the molecule is O=C(Nc1ccc(-c2ccc(NC(=O)Oc3ccccc3Cl)cc2)cc1)Oc1ccccc1Cl. The minimum atomic E-state index is -0.639. The second-order valence-electron chi connectivity index (χ2n) is 7.04. The highest BCUT2D eigenvalue weighted by molar-refractivity contribution is 6.32. The van der Waals surface area contributed by atoms with E-state index in [9.17, 15) is 9.59 Å². The molecule has 0 unspecified atom stereocenters. The maximum Gasteiger partial charge on any atom is 0.417 e. The van der Waals surface area contributed by atoms with Crippen molar-refractivity contribution in [1.82, 2.24) is 0 Å². The Morgan fingerprint density at radius 1 is 0.529 bits per heavy atom. The van der Waals surface area contributed by atoms with Crippen molar-refractivity contribution in [3.63, 3.8) is 0 Å². The molecule has 0 saturated carbocycles. The van der Waals surface area contributed by atoms with Crippen LogP contribution in [0.3, 0.4) is 0 Å². The first kappa shape index (κ1) is 23.2. The van der Waals surface area contributed by atoms with E-state index in [4.69, 9.17) is 32.7 Å². The average Bonchev–Trinajstić information content (AvgIpc) is 2.83. The van der Waals surface area contributed by atoms with Crippen molar-refractivity contribution in [2.24, 2.45) is 0 Å². The van der Waals surface area contributed by atoms with Crippen LogP contribution in [0.5, 0.6) is 11.5 Å². The first-order valence-electron chi connectivity index (χ1n) is 10.2. The van der Waals surface area contributed by atoms with Gasteiger partial charge in [0.05, 0.1) is 10.0 Å². The summed E-state index contributed by atoms with van der Waals surface area (Å²) in [6.45, 7) is 0. The first-order chi connectivity index (χ1) is 16.5. The van der Waals surface area contributed by atoms with Crippen LogP contribution < -0.4 is 20.1 Å². The van der Waals surface area contributed by atoms with Gasteiger partial charge in [-0.25, -0.2) is 9.59 Å². The Morgan fingerprint density at radius 2 is 0.882 bits per heavy atom. The molecule has 2 amide bonds. The van der Waals surface area contributed by atoms with Crippen molar-refractivity contribution >= 4 is 46.8 Å². The van der Waals surface area contributed by atoms with Gasteiger partial charge in [0.2, 0.25) is 0 Å². The molecule has 4 aromatic carbocycles. The fourth-order valence-electron chi connectivity index (χ4n) is 3.03. The van der Waals surface area contributed by atoms with Gasteiger partial charge in [0.15, 0.2) is 11.5 Å². The average molecular weight is 493 g/mol. The van der Waals surface area contributed by atoms with Crippen molar-refractivity contribution in [2.75, 3.05) is 10.6 Å². The molecule has 4 aromatic rings. The predicted molar refractivity (Wildman–Crippen MR) is 134 cm³/mol. The number of rotatable bonds is 5. The summed E-state index contributed by atoms with van der Waals surface area (Å²) in [4.78, 5) is 24.2. The van der Waals surface area contributed by atoms with Crippen LogP contribution in [0.1, 0.15) is 0 Å². The van der Waals surface area contributed by atoms with Gasteiger partial charge in [-0.1, -0.05) is 71.7 Å². The van der Waals surface area contributed by atoms with E-state index < -0.39 is 12.2 Å². The van der Waals surface area contributed by atoms with Gasteiger partial charge in [-0.3, -0.25) is 10.6 Å². The molecule has 34 heavy (non-hydrogen) atoms. The zero-order chi connectivity index (χ0) is 23.9. The topological polar surface area (TPSA) is 76.7 Å². The van der Waals surface area contributed by atoms with Gasteiger partial charge in [0.25, 0.3) is 0 Å². The van der Waals surface area contributed by atoms with Gasteiger partial charge in [-0.2, -0.15) is 0 Å². The molecule has 0 aliphatic rings. The monoisotopic (exact) mass is 492 g/mol. The zero-order valence-electron chi connectivity index (χ0n) is 17.6. The Bertz CT molecular complexity index is 1210. The Morgan fingerprint density at radius 3 is 1.24 bits per heavy atom. The maximum atomic E-state index is 12.1. The largest absolute Gasteiger partial charge is 0.417 e. The molecule has 0 spiro atoms. The summed E-state index contributed by atoms with van der Waals surface area (Å²) in [7, 11) is 0. The summed E-state index contributed by atoms with van der Waals surface area (Å²) in [6, 6.07) is 27.9. The number of carbonyl (C=O) groups is 2. The minimum Gasteiger partial charge on any atom is -0.409 e. The fourth-order valence-corrected chi connectivity index (χ4v) is 3.38. The van der Waals surface area contributed by atoms with Crippen LogP contribution in [0.25, 0.3) is 11.1 Å². The van der Waals surface area contributed by atoms with Crippen LogP contribution in [0.4, 0.5) is 21.0 Å². The van der Waals surface area contributed by atoms with Crippen LogP contribution in [0.15, 0.2) is 97.1 Å². The Hall–Kier alpha value is -4.00. The normalized spacial score (nSPS) is 10.3. The van der Waals surface area contributed by atoms with Gasteiger partial charge in [-0.15, -0.1) is 0 Å². The number of hydrogen-bond acceptors (Lipinski definition) is 4. The van der Waals surface area contributed by atoms with E-state index in [0.29, 0.717) is 21.4 Å². The summed E-state index contributed by atoms with van der Waals surface area (Å²) in [5.74, 6) is 0.561. The quantitative estimate of drug-likeness (QED) is 0.297. The van der Waals surface area contributed by atoms with E-state index in [1.165, 1.54) is 0 Å². The van der Waals surface area contributed by atoms with E-state index in [0.717, 1.165) is 11.1 Å². The molecule has 2 N–H and O–H groups in total. The summed E-state index contributed by atoms with van der Waals surface area (Å²) >= 11 is 12.0. The van der Waals surface area contributed by atoms with Gasteiger partial charge in [0, 0.05) is 11.4 Å². The number of hydrogen-bond donors (Lipinski definition) is 2. The van der Waals surface area contributed by atoms with Crippen molar-refractivity contribution < 1.29 is 19.1 Å². The van der Waals surface area contributed by atoms with E-state index in [1.807, 2.05) is 24.3 Å². The molecule has 6 nitrogen and oxygen atoms in total. The number of halogens is 2. The summed E-state index contributed by atoms with van der Waals surface area (Å²) in [5.41, 5.74) is 2.99. The molecular weight excluding hydrogens is 475 g/mol. The minimum absolute atomic E-state index is 0.280. The van der Waals surface area contributed by atoms with Gasteiger partial charge in [-0.05, 0) is 59.7 Å². The molecule has 0 saturated heterocycles. The number of anilines is 2. The first-order valence-corrected chi connectivity index (χ1v) is 10.9. The molecule has 0 aliphatic heterocycles. The molecule has 4 rings (SSSR count). The Kier molecular flexibility index (Phi) is 7.32. The smallest absolute Gasteiger partial charge is 0.409 e. The van der Waals surface area contributed by atoms with E-state index >= 15 is 0 Å². The third-order valence-corrected chi connectivity index (χ3v) is 5.30. The number of ether oxygens (including phenoxy) is 2. The lowest BCUT2D eigenvalue weighted by Crippen LogP contribution is -2.16. The third-order valence-electron chi connectivity index (χ3n) is 4.67. The molecular formula is C26H18Cl2N2O4. The lowest BCUT2D eigenvalue weighted by molar-refractivity contribution is 0.214. The highest BCUT2D eigenvalue weighted by Gasteiger charge is 2.10. The third kappa shape index (κ3) is 6.07. The van der Waals surface area contributed by atoms with Crippen molar-refractivity contribution in [2.45, 2.75) is 0 Å². The number of para-hydroxylation sites is 2. The fraction of sp³-hybridized carbons (Fsp3) is 0. The summed E-state index contributed by atoms with van der Waals surface area (Å²) < 4.78 is 10.4. The second-order valence-corrected chi connectivity index (χ2v) is 7.86. The molecule has 0 atom stereocenters. The number of carbonyl (C=O) groups excluding carboxylic acids is 2. The van der Waals surface area contributed by atoms with Crippen molar-refractivity contribution in [1.29, 1.82) is 0 Å². The molecule has 0 aromatic heterocycles. The highest BCUT2D eigenvalue weighted by Crippen LogP contribution is 2.26. The molecule has 0 radical (unpaired) electrons. The molecule has 0 heterocycles. The second kappa shape index (κ2) is 10.7. The lowest BCUT2D eigenvalue weighted by Gasteiger charge is -2.10. The molecule has 8 heteroatoms. The van der Waals surface area contributed by atoms with E-state index in [2.05, 4.69) is 10.6 Å². The Labute approximate surface area is 206 Å². The van der Waals surface area contributed by atoms with Crippen LogP contribution in [-0.2, 0) is 0 Å². The summed E-state index contributed by atoms with van der Waals surface area (Å²) in [6.07, 6.45) is -1.28. The standard InChI is InChI=1S/C26H18Cl2N2O4/c27-21-5-1-3-7-23(21)33-25(31)29-19-13-9-17(10-14-19)18-11-15-20(16-12-18)30-26(32)34-24-8-4-2-6-22(24)28/h1-16H,(H,29,31)(H,30,32). The zero-order valence-corrected chi connectivity index (χ0v) is 19.1. The number of benzene rings is 4. The van der Waals surface area contributed by atoms with Crippen molar-refractivity contribution in [3.8, 4) is 22.6 Å². The molecule has 0 bridgehead atoms. The van der Waals surface area contributed by atoms with Crippen LogP contribution in [-0.4, -0.2) is 12.2 Å². The van der Waals surface area contributed by atoms with Gasteiger partial charge >= 0.3 is 12.2 Å². The predicted octanol–water partition coefficient (Wildman–Crippen LogP) is 7.88.